The predicted octanol–water partition coefficient (Wildman–Crippen LogP) is 8.09. The van der Waals surface area contributed by atoms with E-state index in [2.05, 4.69) is 90.0 Å². The Morgan fingerprint density at radius 3 is 2.61 bits per heavy atom. The van der Waals surface area contributed by atoms with Gasteiger partial charge in [0.15, 0.2) is 5.79 Å². The van der Waals surface area contributed by atoms with Crippen LogP contribution >= 0.6 is 0 Å². The van der Waals surface area contributed by atoms with Gasteiger partial charge in [0.2, 0.25) is 0 Å². The first-order chi connectivity index (χ1) is 24.3. The first-order valence-electron chi connectivity index (χ1n) is 18.6. The van der Waals surface area contributed by atoms with Crippen LogP contribution in [0.4, 0.5) is 11.5 Å². The number of fused-ring (bicyclic) bond motifs is 3. The molecule has 3 fully saturated rings. The number of anilines is 2. The molecule has 0 bridgehead atoms. The van der Waals surface area contributed by atoms with Gasteiger partial charge in [-0.1, -0.05) is 26.8 Å². The van der Waals surface area contributed by atoms with Crippen molar-refractivity contribution in [3.63, 3.8) is 0 Å². The van der Waals surface area contributed by atoms with E-state index in [-0.39, 0.29) is 23.7 Å². The molecule has 0 spiro atoms. The van der Waals surface area contributed by atoms with E-state index in [1.165, 1.54) is 24.8 Å². The van der Waals surface area contributed by atoms with Gasteiger partial charge in [0, 0.05) is 36.8 Å². The van der Waals surface area contributed by atoms with Crippen molar-refractivity contribution in [1.82, 2.24) is 29.4 Å². The Hall–Kier alpha value is -3.99. The number of aromatic nitrogens is 5. The van der Waals surface area contributed by atoms with Gasteiger partial charge in [-0.2, -0.15) is 0 Å². The van der Waals surface area contributed by atoms with Crippen LogP contribution in [-0.4, -0.2) is 74.1 Å². The second-order valence-corrected chi connectivity index (χ2v) is 16.8. The number of hydrogen-bond acceptors (Lipinski definition) is 8. The van der Waals surface area contributed by atoms with Crippen LogP contribution in [0.3, 0.4) is 0 Å². The lowest BCUT2D eigenvalue weighted by atomic mass is 9.76. The molecule has 3 aromatic heterocycles. The number of nitrogens with zero attached hydrogens (tertiary/aromatic N) is 5. The van der Waals surface area contributed by atoms with Gasteiger partial charge in [0.1, 0.15) is 35.5 Å². The van der Waals surface area contributed by atoms with Crippen LogP contribution in [-0.2, 0) is 21.3 Å². The number of ether oxygens (including phenoxy) is 3. The van der Waals surface area contributed by atoms with Crippen molar-refractivity contribution in [2.75, 3.05) is 26.0 Å². The lowest BCUT2D eigenvalue weighted by Gasteiger charge is -2.42. The molecule has 10 heteroatoms. The summed E-state index contributed by atoms with van der Waals surface area (Å²) in [6.07, 6.45) is 9.42. The van der Waals surface area contributed by atoms with Gasteiger partial charge in [-0.05, 0) is 112 Å². The Balaban J connectivity index is 0.914. The number of benzene rings is 2. The van der Waals surface area contributed by atoms with Crippen LogP contribution in [0.5, 0.6) is 5.75 Å². The molecule has 4 atom stereocenters. The number of hydrogen-bond donors (Lipinski definition) is 2. The van der Waals surface area contributed by atoms with Gasteiger partial charge < -0.3 is 34.0 Å². The van der Waals surface area contributed by atoms with E-state index in [0.717, 1.165) is 76.0 Å². The van der Waals surface area contributed by atoms with E-state index in [1.807, 2.05) is 32.0 Å². The van der Waals surface area contributed by atoms with Crippen LogP contribution < -0.4 is 10.1 Å². The third-order valence-electron chi connectivity index (χ3n) is 11.6. The average Bonchev–Trinajstić information content (AvgIpc) is 3.82. The maximum Gasteiger partial charge on any atom is 0.163 e. The molecule has 8 rings (SSSR count). The largest absolute Gasteiger partial charge is 0.497 e. The first-order valence-corrected chi connectivity index (χ1v) is 18.6. The summed E-state index contributed by atoms with van der Waals surface area (Å²) < 4.78 is 20.9. The smallest absolute Gasteiger partial charge is 0.163 e. The fourth-order valence-electron chi connectivity index (χ4n) is 8.68. The summed E-state index contributed by atoms with van der Waals surface area (Å²) in [6, 6.07) is 15.5. The summed E-state index contributed by atoms with van der Waals surface area (Å²) >= 11 is 0. The van der Waals surface area contributed by atoms with E-state index < -0.39 is 5.79 Å². The minimum atomic E-state index is -0.617. The fourth-order valence-corrected chi connectivity index (χ4v) is 8.68. The highest BCUT2D eigenvalue weighted by Crippen LogP contribution is 2.49. The molecule has 1 saturated heterocycles. The Bertz CT molecular complexity index is 2040. The zero-order valence-corrected chi connectivity index (χ0v) is 31.4. The monoisotopic (exact) mass is 691 g/mol. The van der Waals surface area contributed by atoms with Crippen LogP contribution in [0.2, 0.25) is 0 Å². The molecule has 0 radical (unpaired) electrons. The molecule has 5 aromatic rings. The molecular weight excluding hydrogens is 638 g/mol. The first kappa shape index (κ1) is 34.1. The maximum absolute atomic E-state index is 6.63. The second-order valence-electron chi connectivity index (χ2n) is 16.8. The molecule has 1 unspecified atom stereocenters. The minimum absolute atomic E-state index is 0.0361. The molecule has 2 N–H and O–H groups in total. The van der Waals surface area contributed by atoms with Gasteiger partial charge in [-0.25, -0.2) is 15.0 Å². The highest BCUT2D eigenvalue weighted by atomic mass is 16.8. The van der Waals surface area contributed by atoms with Crippen molar-refractivity contribution in [3.05, 3.63) is 71.9 Å². The van der Waals surface area contributed by atoms with Crippen molar-refractivity contribution in [3.8, 4) is 5.75 Å². The van der Waals surface area contributed by atoms with Crippen LogP contribution in [0.15, 0.2) is 55.0 Å². The summed E-state index contributed by atoms with van der Waals surface area (Å²) in [4.78, 5) is 20.5. The third-order valence-corrected chi connectivity index (χ3v) is 11.6. The molecule has 4 heterocycles. The van der Waals surface area contributed by atoms with Crippen LogP contribution in [0, 0.1) is 18.8 Å². The number of imidazole rings is 1. The topological polar surface area (TPSA) is 102 Å². The highest BCUT2D eigenvalue weighted by Gasteiger charge is 2.55. The van der Waals surface area contributed by atoms with E-state index >= 15 is 0 Å². The van der Waals surface area contributed by atoms with Gasteiger partial charge in [-0.3, -0.25) is 0 Å². The van der Waals surface area contributed by atoms with Crippen molar-refractivity contribution >= 4 is 33.6 Å². The lowest BCUT2D eigenvalue weighted by Crippen LogP contribution is -2.46. The minimum Gasteiger partial charge on any atom is -0.497 e. The summed E-state index contributed by atoms with van der Waals surface area (Å²) in [6.45, 7) is 13.9. The maximum atomic E-state index is 6.63. The fraction of sp³-hybridized carbons (Fsp3) is 0.537. The van der Waals surface area contributed by atoms with E-state index in [9.17, 15) is 0 Å². The Labute approximate surface area is 301 Å². The summed E-state index contributed by atoms with van der Waals surface area (Å²) in [7, 11) is 3.99. The zero-order chi connectivity index (χ0) is 35.7. The molecule has 1 aliphatic heterocycles. The molecule has 2 aromatic carbocycles. The standard InChI is InChI=1S/C41H53N7O3/c1-24-17-29(49-8)11-13-31(24)46-38-30-15-16-48(39(30)43-23-42-38)34-20-26(36-37(34)51-41(5,6)50-36)22-47(7)28-18-25(19-28)9-14-35-44-32-12-10-27(40(2,3)4)21-33(32)45-35/h10-13,15-17,21,23,25-26,28,34,36-37H,9,14,18-20,22H2,1-8H3,(H,44,45)(H,42,43,46)/t25?,26-,28?,34-,36-,37?/m1/s1. The second kappa shape index (κ2) is 12.9. The Morgan fingerprint density at radius 1 is 1.04 bits per heavy atom. The van der Waals surface area contributed by atoms with Crippen molar-refractivity contribution in [2.45, 2.75) is 109 Å². The Morgan fingerprint density at radius 2 is 1.84 bits per heavy atom. The quantitative estimate of drug-likeness (QED) is 0.152. The van der Waals surface area contributed by atoms with Crippen LogP contribution in [0.25, 0.3) is 22.1 Å². The molecular formula is C41H53N7O3. The molecule has 3 aliphatic rings. The molecule has 2 saturated carbocycles. The van der Waals surface area contributed by atoms with Gasteiger partial charge in [-0.15, -0.1) is 0 Å². The number of rotatable bonds is 10. The molecule has 51 heavy (non-hydrogen) atoms. The summed E-state index contributed by atoms with van der Waals surface area (Å²) in [5.74, 6) is 3.21. The van der Waals surface area contributed by atoms with Crippen LogP contribution in [0.1, 0.15) is 83.3 Å². The van der Waals surface area contributed by atoms with Gasteiger partial charge in [0.25, 0.3) is 0 Å². The summed E-state index contributed by atoms with van der Waals surface area (Å²) in [5.41, 5.74) is 6.68. The highest BCUT2D eigenvalue weighted by molar-refractivity contribution is 5.89. The zero-order valence-electron chi connectivity index (χ0n) is 31.4. The van der Waals surface area contributed by atoms with Crippen molar-refractivity contribution in [2.24, 2.45) is 11.8 Å². The SMILES string of the molecule is COc1ccc(Nc2ncnc3c2ccn3[C@@H]2C[C@H](CN(C)C3CC(CCc4nc5ccc(C(C)(C)C)cc5[nH]4)C3)[C@H]3OC(C)(C)OC23)c(C)c1. The number of aryl methyl sites for hydroxylation is 2. The number of H-pyrrole nitrogens is 1. The number of nitrogens with one attached hydrogen (secondary N) is 2. The van der Waals surface area contributed by atoms with Crippen molar-refractivity contribution < 1.29 is 14.2 Å². The third kappa shape index (κ3) is 6.62. The van der Waals surface area contributed by atoms with E-state index in [0.29, 0.717) is 12.0 Å². The molecule has 10 nitrogen and oxygen atoms in total. The summed E-state index contributed by atoms with van der Waals surface area (Å²) in [5, 5.41) is 4.52. The van der Waals surface area contributed by atoms with E-state index in [4.69, 9.17) is 24.2 Å². The molecule has 270 valence electrons. The normalized spacial score (nSPS) is 25.8. The lowest BCUT2D eigenvalue weighted by molar-refractivity contribution is -0.161. The molecule has 2 aliphatic carbocycles. The van der Waals surface area contributed by atoms with Gasteiger partial charge in [0.05, 0.1) is 35.7 Å². The van der Waals surface area contributed by atoms with Gasteiger partial charge >= 0.3 is 0 Å². The Kier molecular flexibility index (Phi) is 8.63. The van der Waals surface area contributed by atoms with E-state index in [1.54, 1.807) is 13.4 Å². The predicted molar refractivity (Wildman–Crippen MR) is 202 cm³/mol. The average molecular weight is 692 g/mol. The number of aromatic amines is 1. The van der Waals surface area contributed by atoms with Crippen molar-refractivity contribution in [1.29, 1.82) is 0 Å². The molecule has 0 amide bonds. The number of methoxy groups -OCH3 is 1.